The molecule has 0 bridgehead atoms. The Morgan fingerprint density at radius 3 is 2.39 bits per heavy atom. The molecule has 202 valence electrons. The first-order chi connectivity index (χ1) is 17.9. The molecule has 0 radical (unpaired) electrons. The number of hydrogen-bond donors (Lipinski definition) is 0. The van der Waals surface area contributed by atoms with Crippen LogP contribution in [0.15, 0.2) is 49.1 Å². The number of carbonyl (C=O) groups is 1. The molecular formula is C27H30ClF3N6O. The molecule has 1 aliphatic carbocycles. The summed E-state index contributed by atoms with van der Waals surface area (Å²) in [6.07, 6.45) is 7.26. The summed E-state index contributed by atoms with van der Waals surface area (Å²) in [5.74, 6) is 0.937. The second-order valence-corrected chi connectivity index (χ2v) is 10.2. The normalized spacial score (nSPS) is 20.4. The molecule has 1 saturated carbocycles. The van der Waals surface area contributed by atoms with Gasteiger partial charge in [-0.15, -0.1) is 12.4 Å². The quantitative estimate of drug-likeness (QED) is 0.404. The second-order valence-electron chi connectivity index (χ2n) is 10.2. The van der Waals surface area contributed by atoms with E-state index in [2.05, 4.69) is 20.0 Å². The van der Waals surface area contributed by atoms with Crippen molar-refractivity contribution in [1.29, 1.82) is 0 Å². The fraction of sp³-hybridized carbons (Fsp3) is 0.481. The summed E-state index contributed by atoms with van der Waals surface area (Å²) >= 11 is 0. The molecule has 0 spiro atoms. The van der Waals surface area contributed by atoms with Crippen LogP contribution in [0.25, 0.3) is 0 Å². The lowest BCUT2D eigenvalue weighted by Crippen LogP contribution is -2.36. The van der Waals surface area contributed by atoms with Crippen LogP contribution in [0.4, 0.5) is 19.0 Å². The van der Waals surface area contributed by atoms with Gasteiger partial charge in [0, 0.05) is 37.9 Å². The Hall–Kier alpha value is -3.14. The molecule has 1 aromatic carbocycles. The highest BCUT2D eigenvalue weighted by molar-refractivity contribution is 5.96. The molecule has 1 amide bonds. The number of nitrogens with zero attached hydrogens (tertiary/aromatic N) is 6. The van der Waals surface area contributed by atoms with E-state index in [9.17, 15) is 18.0 Å². The van der Waals surface area contributed by atoms with Crippen molar-refractivity contribution in [3.63, 3.8) is 0 Å². The second kappa shape index (κ2) is 10.6. The number of rotatable bonds is 5. The fourth-order valence-electron chi connectivity index (χ4n) is 5.92. The van der Waals surface area contributed by atoms with Crippen LogP contribution in [0.2, 0.25) is 0 Å². The van der Waals surface area contributed by atoms with Crippen LogP contribution in [0.1, 0.15) is 83.7 Å². The Morgan fingerprint density at radius 2 is 1.71 bits per heavy atom. The SMILES string of the molecule is Cl.O=C(c1cnn(C2CCN(c3cnccn3)CC2)c1C1CC1)N1CCCC1c1ccccc1C(F)(F)F. The molecule has 3 aromatic rings. The van der Waals surface area contributed by atoms with Crippen molar-refractivity contribution >= 4 is 24.1 Å². The van der Waals surface area contributed by atoms with E-state index >= 15 is 0 Å². The van der Waals surface area contributed by atoms with Gasteiger partial charge in [-0.2, -0.15) is 18.3 Å². The molecule has 3 fully saturated rings. The van der Waals surface area contributed by atoms with E-state index in [1.807, 2.05) is 4.68 Å². The van der Waals surface area contributed by atoms with E-state index < -0.39 is 17.8 Å². The standard InChI is InChI=1S/C27H29F3N6O.ClH/c28-27(29,30)22-5-2-1-4-20(22)23-6-3-13-35(23)26(37)21-16-33-36(25(21)18-7-8-18)19-9-14-34(15-10-19)24-17-31-11-12-32-24;/h1-2,4-5,11-12,16-19,23H,3,6-10,13-15H2;1H. The summed E-state index contributed by atoms with van der Waals surface area (Å²) in [7, 11) is 0. The maximum atomic E-state index is 13.8. The smallest absolute Gasteiger partial charge is 0.355 e. The van der Waals surface area contributed by atoms with Crippen LogP contribution < -0.4 is 4.90 Å². The average molecular weight is 547 g/mol. The molecule has 38 heavy (non-hydrogen) atoms. The van der Waals surface area contributed by atoms with Gasteiger partial charge in [0.25, 0.3) is 5.91 Å². The summed E-state index contributed by atoms with van der Waals surface area (Å²) in [6.45, 7) is 2.08. The zero-order chi connectivity index (χ0) is 25.6. The van der Waals surface area contributed by atoms with Crippen molar-refractivity contribution in [2.24, 2.45) is 0 Å². The Bertz CT molecular complexity index is 1270. The van der Waals surface area contributed by atoms with Crippen molar-refractivity contribution in [2.45, 2.75) is 62.7 Å². The highest BCUT2D eigenvalue weighted by atomic mass is 35.5. The van der Waals surface area contributed by atoms with Crippen molar-refractivity contribution < 1.29 is 18.0 Å². The van der Waals surface area contributed by atoms with E-state index in [1.165, 1.54) is 12.1 Å². The largest absolute Gasteiger partial charge is 0.416 e. The highest BCUT2D eigenvalue weighted by Gasteiger charge is 2.41. The monoisotopic (exact) mass is 546 g/mol. The first-order valence-corrected chi connectivity index (χ1v) is 13.0. The highest BCUT2D eigenvalue weighted by Crippen LogP contribution is 2.45. The molecule has 1 atom stereocenters. The van der Waals surface area contributed by atoms with Gasteiger partial charge >= 0.3 is 6.18 Å². The van der Waals surface area contributed by atoms with Crippen LogP contribution in [0, 0.1) is 0 Å². The molecular weight excluding hydrogens is 517 g/mol. The topological polar surface area (TPSA) is 67.2 Å². The Morgan fingerprint density at radius 1 is 0.947 bits per heavy atom. The van der Waals surface area contributed by atoms with Gasteiger partial charge in [0.05, 0.1) is 41.3 Å². The summed E-state index contributed by atoms with van der Waals surface area (Å²) in [5, 5.41) is 4.69. The van der Waals surface area contributed by atoms with Gasteiger partial charge in [-0.3, -0.25) is 14.5 Å². The first kappa shape index (κ1) is 26.5. The van der Waals surface area contributed by atoms with E-state index in [0.29, 0.717) is 24.9 Å². The number of piperidine rings is 1. The van der Waals surface area contributed by atoms with Crippen molar-refractivity contribution in [2.75, 3.05) is 24.5 Å². The van der Waals surface area contributed by atoms with Crippen molar-refractivity contribution in [1.82, 2.24) is 24.6 Å². The van der Waals surface area contributed by atoms with Crippen LogP contribution in [0.3, 0.4) is 0 Å². The third-order valence-electron chi connectivity index (χ3n) is 7.85. The van der Waals surface area contributed by atoms with E-state index in [4.69, 9.17) is 0 Å². The number of hydrogen-bond acceptors (Lipinski definition) is 5. The predicted octanol–water partition coefficient (Wildman–Crippen LogP) is 5.81. The minimum absolute atomic E-state index is 0. The molecule has 2 aromatic heterocycles. The molecule has 4 heterocycles. The van der Waals surface area contributed by atoms with Gasteiger partial charge in [-0.25, -0.2) is 4.98 Å². The van der Waals surface area contributed by atoms with Gasteiger partial charge in [0.2, 0.25) is 0 Å². The zero-order valence-electron chi connectivity index (χ0n) is 20.8. The Labute approximate surface area is 225 Å². The van der Waals surface area contributed by atoms with E-state index in [-0.39, 0.29) is 35.8 Å². The molecule has 11 heteroatoms. The van der Waals surface area contributed by atoms with Crippen molar-refractivity contribution in [3.8, 4) is 0 Å². The molecule has 2 saturated heterocycles. The lowest BCUT2D eigenvalue weighted by molar-refractivity contribution is -0.138. The summed E-state index contributed by atoms with van der Waals surface area (Å²) < 4.78 is 43.3. The lowest BCUT2D eigenvalue weighted by Gasteiger charge is -2.33. The van der Waals surface area contributed by atoms with Crippen molar-refractivity contribution in [3.05, 3.63) is 71.4 Å². The Kier molecular flexibility index (Phi) is 7.35. The summed E-state index contributed by atoms with van der Waals surface area (Å²) in [6, 6.07) is 5.22. The summed E-state index contributed by atoms with van der Waals surface area (Å²) in [5.41, 5.74) is 1.03. The minimum atomic E-state index is -4.46. The van der Waals surface area contributed by atoms with Crippen LogP contribution >= 0.6 is 12.4 Å². The van der Waals surface area contributed by atoms with Gasteiger partial charge < -0.3 is 9.80 Å². The molecule has 6 rings (SSSR count). The molecule has 2 aliphatic heterocycles. The average Bonchev–Trinajstić information content (AvgIpc) is 3.46. The third-order valence-corrected chi connectivity index (χ3v) is 7.85. The number of halogens is 4. The molecule has 3 aliphatic rings. The van der Waals surface area contributed by atoms with Crippen LogP contribution in [-0.2, 0) is 6.18 Å². The minimum Gasteiger partial charge on any atom is -0.355 e. The summed E-state index contributed by atoms with van der Waals surface area (Å²) in [4.78, 5) is 26.3. The number of aromatic nitrogens is 4. The van der Waals surface area contributed by atoms with E-state index in [1.54, 1.807) is 35.8 Å². The number of amides is 1. The number of likely N-dealkylation sites (tertiary alicyclic amines) is 1. The maximum Gasteiger partial charge on any atom is 0.416 e. The van der Waals surface area contributed by atoms with Gasteiger partial charge in [-0.1, -0.05) is 18.2 Å². The Balaban J connectivity index is 0.00000294. The van der Waals surface area contributed by atoms with Gasteiger partial charge in [0.15, 0.2) is 0 Å². The van der Waals surface area contributed by atoms with Gasteiger partial charge in [-0.05, 0) is 50.2 Å². The number of benzene rings is 1. The zero-order valence-corrected chi connectivity index (χ0v) is 21.7. The molecule has 7 nitrogen and oxygen atoms in total. The molecule has 1 unspecified atom stereocenters. The fourth-order valence-corrected chi connectivity index (χ4v) is 5.92. The van der Waals surface area contributed by atoms with E-state index in [0.717, 1.165) is 56.4 Å². The maximum absolute atomic E-state index is 13.8. The number of alkyl halides is 3. The number of carbonyl (C=O) groups excluding carboxylic acids is 1. The lowest BCUT2D eigenvalue weighted by atomic mass is 9.97. The molecule has 0 N–H and O–H groups in total. The van der Waals surface area contributed by atoms with Crippen LogP contribution in [0.5, 0.6) is 0 Å². The third kappa shape index (κ3) is 4.98. The van der Waals surface area contributed by atoms with Crippen LogP contribution in [-0.4, -0.2) is 50.2 Å². The number of anilines is 1. The predicted molar refractivity (Wildman–Crippen MR) is 138 cm³/mol. The van der Waals surface area contributed by atoms with Gasteiger partial charge in [0.1, 0.15) is 5.82 Å². The first-order valence-electron chi connectivity index (χ1n) is 13.0.